The zero-order valence-corrected chi connectivity index (χ0v) is 15.1. The monoisotopic (exact) mass is 370 g/mol. The molecule has 0 amide bonds. The van der Waals surface area contributed by atoms with Gasteiger partial charge in [-0.25, -0.2) is 4.39 Å². The number of aliphatic hydroxyl groups is 1. The third kappa shape index (κ3) is 3.28. The highest BCUT2D eigenvalue weighted by Gasteiger charge is 2.18. The molecule has 5 heteroatoms. The molecule has 3 nitrogen and oxygen atoms in total. The van der Waals surface area contributed by atoms with Crippen molar-refractivity contribution in [3.63, 3.8) is 0 Å². The van der Waals surface area contributed by atoms with Crippen molar-refractivity contribution in [1.82, 2.24) is 9.47 Å². The second-order valence-electron chi connectivity index (χ2n) is 6.55. The van der Waals surface area contributed by atoms with Gasteiger partial charge in [0.15, 0.2) is 0 Å². The van der Waals surface area contributed by atoms with Crippen LogP contribution in [0.5, 0.6) is 0 Å². The Balaban J connectivity index is 1.80. The van der Waals surface area contributed by atoms with Crippen LogP contribution in [0.1, 0.15) is 12.0 Å². The van der Waals surface area contributed by atoms with Crippen LogP contribution in [0, 0.1) is 5.82 Å². The van der Waals surface area contributed by atoms with E-state index in [2.05, 4.69) is 21.7 Å². The predicted molar refractivity (Wildman–Crippen MR) is 104 cm³/mol. The molecule has 0 saturated carbocycles. The first-order valence-corrected chi connectivity index (χ1v) is 9.12. The third-order valence-electron chi connectivity index (χ3n) is 4.93. The average Bonchev–Trinajstić information content (AvgIpc) is 3.02. The van der Waals surface area contributed by atoms with Gasteiger partial charge in [-0.3, -0.25) is 4.90 Å². The number of benzene rings is 2. The Morgan fingerprint density at radius 3 is 2.62 bits per heavy atom. The summed E-state index contributed by atoms with van der Waals surface area (Å²) in [4.78, 5) is 2.23. The van der Waals surface area contributed by atoms with E-state index >= 15 is 0 Å². The Bertz CT molecular complexity index is 962. The minimum atomic E-state index is -0.243. The van der Waals surface area contributed by atoms with Gasteiger partial charge >= 0.3 is 0 Å². The van der Waals surface area contributed by atoms with Crippen LogP contribution in [0.4, 0.5) is 4.39 Å². The maximum Gasteiger partial charge on any atom is 0.123 e. The van der Waals surface area contributed by atoms with Crippen LogP contribution >= 0.6 is 11.6 Å². The smallest absolute Gasteiger partial charge is 0.123 e. The van der Waals surface area contributed by atoms with Gasteiger partial charge in [0.05, 0.1) is 12.1 Å². The van der Waals surface area contributed by atoms with Gasteiger partial charge < -0.3 is 9.67 Å². The summed E-state index contributed by atoms with van der Waals surface area (Å²) in [5.41, 5.74) is 4.42. The van der Waals surface area contributed by atoms with Crippen molar-refractivity contribution in [2.75, 3.05) is 26.2 Å². The van der Waals surface area contributed by atoms with Crippen molar-refractivity contribution in [2.24, 2.45) is 0 Å². The summed E-state index contributed by atoms with van der Waals surface area (Å²) in [5, 5.41) is 10.9. The van der Waals surface area contributed by atoms with Gasteiger partial charge in [0, 0.05) is 47.5 Å². The number of hydrogen-bond donors (Lipinski definition) is 1. The maximum atomic E-state index is 13.3. The highest BCUT2D eigenvalue weighted by molar-refractivity contribution is 6.31. The van der Waals surface area contributed by atoms with E-state index < -0.39 is 0 Å². The van der Waals surface area contributed by atoms with Gasteiger partial charge in [0.1, 0.15) is 5.82 Å². The molecule has 1 N–H and O–H groups in total. The number of halogens is 2. The molecule has 1 aliphatic rings. The minimum absolute atomic E-state index is 0.183. The fraction of sp³-hybridized carbons (Fsp3) is 0.238. The van der Waals surface area contributed by atoms with E-state index in [1.807, 2.05) is 18.2 Å². The van der Waals surface area contributed by atoms with E-state index in [4.69, 9.17) is 16.7 Å². The highest BCUT2D eigenvalue weighted by atomic mass is 35.5. The lowest BCUT2D eigenvalue weighted by Gasteiger charge is -2.25. The molecule has 26 heavy (non-hydrogen) atoms. The number of aliphatic hydroxyl groups excluding tert-OH is 1. The average molecular weight is 371 g/mol. The van der Waals surface area contributed by atoms with E-state index in [1.165, 1.54) is 17.7 Å². The summed E-state index contributed by atoms with van der Waals surface area (Å²) in [6.07, 6.45) is 5.26. The number of nitrogens with zero attached hydrogens (tertiary/aromatic N) is 2. The summed E-state index contributed by atoms with van der Waals surface area (Å²) in [5.74, 6) is -0.243. The summed E-state index contributed by atoms with van der Waals surface area (Å²) >= 11 is 6.26. The first-order chi connectivity index (χ1) is 12.7. The van der Waals surface area contributed by atoms with Gasteiger partial charge in [-0.2, -0.15) is 0 Å². The molecule has 3 aromatic rings. The van der Waals surface area contributed by atoms with Crippen molar-refractivity contribution < 1.29 is 9.50 Å². The molecule has 0 aliphatic carbocycles. The molecule has 0 spiro atoms. The van der Waals surface area contributed by atoms with Gasteiger partial charge in [0.2, 0.25) is 0 Å². The molecular formula is C21H20ClFN2O. The molecule has 0 radical (unpaired) electrons. The Labute approximate surface area is 156 Å². The summed E-state index contributed by atoms with van der Waals surface area (Å²) in [7, 11) is 0. The Morgan fingerprint density at radius 2 is 1.92 bits per heavy atom. The van der Waals surface area contributed by atoms with Gasteiger partial charge in [0.25, 0.3) is 0 Å². The van der Waals surface area contributed by atoms with Gasteiger partial charge in [-0.1, -0.05) is 17.7 Å². The predicted octanol–water partition coefficient (Wildman–Crippen LogP) is 4.50. The van der Waals surface area contributed by atoms with Gasteiger partial charge in [-0.05, 0) is 54.5 Å². The second-order valence-corrected chi connectivity index (χ2v) is 6.99. The van der Waals surface area contributed by atoms with E-state index in [0.717, 1.165) is 41.7 Å². The molecule has 0 unspecified atom stereocenters. The highest BCUT2D eigenvalue weighted by Crippen LogP contribution is 2.34. The molecule has 0 bridgehead atoms. The van der Waals surface area contributed by atoms with Crippen LogP contribution in [0.25, 0.3) is 22.2 Å². The van der Waals surface area contributed by atoms with Crippen LogP contribution in [-0.4, -0.2) is 40.8 Å². The molecule has 1 aromatic heterocycles. The van der Waals surface area contributed by atoms with Crippen LogP contribution in [-0.2, 0) is 0 Å². The van der Waals surface area contributed by atoms with Crippen molar-refractivity contribution in [3.8, 4) is 5.69 Å². The van der Waals surface area contributed by atoms with E-state index in [0.29, 0.717) is 11.6 Å². The quantitative estimate of drug-likeness (QED) is 0.732. The van der Waals surface area contributed by atoms with E-state index in [-0.39, 0.29) is 12.4 Å². The maximum absolute atomic E-state index is 13.3. The van der Waals surface area contributed by atoms with Gasteiger partial charge in [-0.15, -0.1) is 0 Å². The fourth-order valence-electron chi connectivity index (χ4n) is 3.57. The second kappa shape index (κ2) is 7.23. The van der Waals surface area contributed by atoms with Crippen LogP contribution < -0.4 is 0 Å². The minimum Gasteiger partial charge on any atom is -0.395 e. The van der Waals surface area contributed by atoms with E-state index in [9.17, 15) is 4.39 Å². The molecule has 0 atom stereocenters. The van der Waals surface area contributed by atoms with Crippen LogP contribution in [0.15, 0.2) is 54.7 Å². The summed E-state index contributed by atoms with van der Waals surface area (Å²) in [6.45, 7) is 2.64. The Kier molecular flexibility index (Phi) is 4.81. The molecule has 0 fully saturated rings. The van der Waals surface area contributed by atoms with Crippen molar-refractivity contribution in [2.45, 2.75) is 6.42 Å². The molecular weight excluding hydrogens is 351 g/mol. The first kappa shape index (κ1) is 17.3. The molecule has 4 rings (SSSR count). The van der Waals surface area contributed by atoms with Crippen molar-refractivity contribution in [1.29, 1.82) is 0 Å². The SMILES string of the molecule is OCCN1CC=C(c2cn(-c3ccc(F)cc3)c3ccc(Cl)cc23)CC1. The Morgan fingerprint density at radius 1 is 1.12 bits per heavy atom. The standard InChI is InChI=1S/C21H20ClFN2O/c22-16-1-6-21-19(13-16)20(15-7-9-24(10-8-15)11-12-26)14-25(21)18-4-2-17(23)3-5-18/h1-7,13-14,26H,8-12H2. The molecule has 2 heterocycles. The lowest BCUT2D eigenvalue weighted by molar-refractivity contribution is 0.208. The fourth-order valence-corrected chi connectivity index (χ4v) is 3.75. The number of hydrogen-bond acceptors (Lipinski definition) is 2. The molecule has 0 saturated heterocycles. The lowest BCUT2D eigenvalue weighted by atomic mass is 9.99. The number of aromatic nitrogens is 1. The third-order valence-corrected chi connectivity index (χ3v) is 5.16. The summed E-state index contributed by atoms with van der Waals surface area (Å²) in [6, 6.07) is 12.4. The zero-order chi connectivity index (χ0) is 18.1. The first-order valence-electron chi connectivity index (χ1n) is 8.75. The van der Waals surface area contributed by atoms with Crippen molar-refractivity contribution >= 4 is 28.1 Å². The number of fused-ring (bicyclic) bond motifs is 1. The van der Waals surface area contributed by atoms with E-state index in [1.54, 1.807) is 12.1 Å². The number of rotatable bonds is 4. The molecule has 134 valence electrons. The topological polar surface area (TPSA) is 28.4 Å². The summed E-state index contributed by atoms with van der Waals surface area (Å²) < 4.78 is 15.4. The van der Waals surface area contributed by atoms with Crippen molar-refractivity contribution in [3.05, 3.63) is 71.1 Å². The zero-order valence-electron chi connectivity index (χ0n) is 14.3. The molecule has 2 aromatic carbocycles. The normalized spacial score (nSPS) is 15.4. The van der Waals surface area contributed by atoms with Crippen LogP contribution in [0.2, 0.25) is 5.02 Å². The lowest BCUT2D eigenvalue weighted by Crippen LogP contribution is -2.31. The van der Waals surface area contributed by atoms with Crippen LogP contribution in [0.3, 0.4) is 0 Å². The Hall–Kier alpha value is -2.14. The molecule has 1 aliphatic heterocycles. The number of β-amino-alcohol motifs (C(OH)–C–C–N with tert-alkyl or cyclic N) is 1. The largest absolute Gasteiger partial charge is 0.395 e.